The monoisotopic (exact) mass is 282 g/mol. The van der Waals surface area contributed by atoms with Gasteiger partial charge >= 0.3 is 12.0 Å². The number of likely N-dealkylation sites (tertiary alicyclic amines) is 1. The lowest BCUT2D eigenvalue weighted by Crippen LogP contribution is -2.49. The average Bonchev–Trinajstić information content (AvgIpc) is 2.91. The minimum atomic E-state index is -0.874. The van der Waals surface area contributed by atoms with Crippen LogP contribution >= 0.6 is 0 Å². The summed E-state index contributed by atoms with van der Waals surface area (Å²) in [6.07, 6.45) is 4.34. The molecule has 1 saturated heterocycles. The fourth-order valence-electron chi connectivity index (χ4n) is 2.37. The third-order valence-corrected chi connectivity index (χ3v) is 3.33. The second kappa shape index (κ2) is 6.88. The fourth-order valence-corrected chi connectivity index (χ4v) is 2.37. The van der Waals surface area contributed by atoms with Crippen LogP contribution in [-0.4, -0.2) is 51.3 Å². The Labute approximate surface area is 116 Å². The highest BCUT2D eigenvalue weighted by atomic mass is 16.5. The summed E-state index contributed by atoms with van der Waals surface area (Å²) in [5, 5.41) is 15.3. The summed E-state index contributed by atoms with van der Waals surface area (Å²) in [5.74, 6) is -0.340. The number of nitrogens with zero attached hydrogens (tertiary/aromatic N) is 3. The van der Waals surface area contributed by atoms with Gasteiger partial charge in [0.2, 0.25) is 6.39 Å². The predicted molar refractivity (Wildman–Crippen MR) is 68.0 cm³/mol. The molecule has 1 fully saturated rings. The van der Waals surface area contributed by atoms with E-state index in [1.807, 2.05) is 0 Å². The number of nitrogens with one attached hydrogen (secondary N) is 1. The molecule has 0 bridgehead atoms. The van der Waals surface area contributed by atoms with E-state index in [1.54, 1.807) is 4.90 Å². The summed E-state index contributed by atoms with van der Waals surface area (Å²) in [6.45, 7) is 1.00. The second-order valence-electron chi connectivity index (χ2n) is 4.77. The van der Waals surface area contributed by atoms with Crippen LogP contribution in [0, 0.1) is 0 Å². The molecular weight excluding hydrogens is 264 g/mol. The maximum absolute atomic E-state index is 12.1. The van der Waals surface area contributed by atoms with Gasteiger partial charge in [-0.15, -0.1) is 0 Å². The molecule has 2 N–H and O–H groups in total. The van der Waals surface area contributed by atoms with Gasteiger partial charge in [0.05, 0.1) is 6.42 Å². The number of carboxylic acids is 1. The zero-order chi connectivity index (χ0) is 14.4. The third-order valence-electron chi connectivity index (χ3n) is 3.33. The Bertz CT molecular complexity index is 448. The number of carbonyl (C=O) groups excluding carboxylic acids is 1. The van der Waals surface area contributed by atoms with Crippen LogP contribution < -0.4 is 5.32 Å². The topological polar surface area (TPSA) is 109 Å². The lowest BCUT2D eigenvalue weighted by molar-refractivity contribution is -0.138. The number of hydrogen-bond donors (Lipinski definition) is 2. The van der Waals surface area contributed by atoms with E-state index in [4.69, 9.17) is 5.11 Å². The molecule has 8 nitrogen and oxygen atoms in total. The first-order chi connectivity index (χ1) is 9.66. The number of urea groups is 1. The van der Waals surface area contributed by atoms with Gasteiger partial charge in [-0.25, -0.2) is 4.79 Å². The molecule has 1 atom stereocenters. The Hall–Kier alpha value is -2.12. The van der Waals surface area contributed by atoms with Gasteiger partial charge in [0.15, 0.2) is 5.82 Å². The highest BCUT2D eigenvalue weighted by Gasteiger charge is 2.28. The molecule has 110 valence electrons. The molecule has 20 heavy (non-hydrogen) atoms. The van der Waals surface area contributed by atoms with Crippen molar-refractivity contribution in [2.45, 2.75) is 38.1 Å². The predicted octanol–water partition coefficient (Wildman–Crippen LogP) is 0.651. The molecule has 0 aliphatic carbocycles. The Kier molecular flexibility index (Phi) is 4.91. The number of aliphatic carboxylic acids is 1. The van der Waals surface area contributed by atoms with Crippen molar-refractivity contribution in [3.63, 3.8) is 0 Å². The molecule has 8 heteroatoms. The maximum Gasteiger partial charge on any atom is 0.317 e. The van der Waals surface area contributed by atoms with Gasteiger partial charge < -0.3 is 19.8 Å². The largest absolute Gasteiger partial charge is 0.481 e. The Balaban J connectivity index is 1.81. The van der Waals surface area contributed by atoms with Crippen molar-refractivity contribution in [2.75, 3.05) is 13.1 Å². The van der Waals surface area contributed by atoms with E-state index in [1.165, 1.54) is 6.39 Å². The second-order valence-corrected chi connectivity index (χ2v) is 4.77. The Morgan fingerprint density at radius 3 is 3.05 bits per heavy atom. The third kappa shape index (κ3) is 3.94. The van der Waals surface area contributed by atoms with Crippen LogP contribution in [0.2, 0.25) is 0 Å². The van der Waals surface area contributed by atoms with E-state index in [0.29, 0.717) is 25.3 Å². The van der Waals surface area contributed by atoms with Crippen molar-refractivity contribution < 1.29 is 19.2 Å². The van der Waals surface area contributed by atoms with Gasteiger partial charge in [0.1, 0.15) is 0 Å². The first-order valence-corrected chi connectivity index (χ1v) is 6.68. The van der Waals surface area contributed by atoms with Gasteiger partial charge in [-0.05, 0) is 19.3 Å². The SMILES string of the molecule is O=C(O)CC1CCCCN1C(=O)NCCc1ncon1. The molecule has 1 aromatic heterocycles. The maximum atomic E-state index is 12.1. The summed E-state index contributed by atoms with van der Waals surface area (Å²) < 4.78 is 4.60. The number of hydrogen-bond acceptors (Lipinski definition) is 5. The first kappa shape index (κ1) is 14.3. The van der Waals surface area contributed by atoms with Crippen molar-refractivity contribution >= 4 is 12.0 Å². The van der Waals surface area contributed by atoms with E-state index >= 15 is 0 Å². The Morgan fingerprint density at radius 2 is 2.35 bits per heavy atom. The summed E-state index contributed by atoms with van der Waals surface area (Å²) >= 11 is 0. The number of carboxylic acid groups (broad SMARTS) is 1. The lowest BCUT2D eigenvalue weighted by atomic mass is 10.00. The van der Waals surface area contributed by atoms with Gasteiger partial charge in [0, 0.05) is 25.6 Å². The molecular formula is C12H18N4O4. The molecule has 2 heterocycles. The van der Waals surface area contributed by atoms with Crippen molar-refractivity contribution in [1.82, 2.24) is 20.4 Å². The summed E-state index contributed by atoms with van der Waals surface area (Å²) in [6, 6.07) is -0.439. The van der Waals surface area contributed by atoms with Crippen molar-refractivity contribution in [3.8, 4) is 0 Å². The van der Waals surface area contributed by atoms with Crippen LogP contribution in [-0.2, 0) is 11.2 Å². The number of rotatable bonds is 5. The van der Waals surface area contributed by atoms with Gasteiger partial charge in [-0.3, -0.25) is 4.79 Å². The van der Waals surface area contributed by atoms with Crippen LogP contribution in [0.5, 0.6) is 0 Å². The van der Waals surface area contributed by atoms with E-state index in [9.17, 15) is 9.59 Å². The normalized spacial score (nSPS) is 18.8. The van der Waals surface area contributed by atoms with Crippen LogP contribution in [0.3, 0.4) is 0 Å². The fraction of sp³-hybridized carbons (Fsp3) is 0.667. The molecule has 0 saturated carbocycles. The van der Waals surface area contributed by atoms with E-state index in [2.05, 4.69) is 20.0 Å². The average molecular weight is 282 g/mol. The molecule has 2 amide bonds. The lowest BCUT2D eigenvalue weighted by Gasteiger charge is -2.34. The van der Waals surface area contributed by atoms with E-state index in [0.717, 1.165) is 19.3 Å². The van der Waals surface area contributed by atoms with Gasteiger partial charge in [-0.1, -0.05) is 5.16 Å². The summed E-state index contributed by atoms with van der Waals surface area (Å²) in [7, 11) is 0. The molecule has 1 aromatic rings. The molecule has 0 radical (unpaired) electrons. The summed E-state index contributed by atoms with van der Waals surface area (Å²) in [5.41, 5.74) is 0. The van der Waals surface area contributed by atoms with Crippen LogP contribution in [0.4, 0.5) is 4.79 Å². The van der Waals surface area contributed by atoms with Gasteiger partial charge in [0.25, 0.3) is 0 Å². The molecule has 1 aliphatic heterocycles. The summed E-state index contributed by atoms with van der Waals surface area (Å²) in [4.78, 5) is 28.4. The highest BCUT2D eigenvalue weighted by molar-refractivity contribution is 5.76. The standard InChI is InChI=1S/C12H18N4O4/c17-11(18)7-9-3-1-2-6-16(9)12(19)13-5-4-10-14-8-20-15-10/h8-9H,1-7H2,(H,13,19)(H,17,18). The van der Waals surface area contributed by atoms with Crippen LogP contribution in [0.25, 0.3) is 0 Å². The number of carbonyl (C=O) groups is 2. The molecule has 2 rings (SSSR count). The highest BCUT2D eigenvalue weighted by Crippen LogP contribution is 2.19. The van der Waals surface area contributed by atoms with Crippen LogP contribution in [0.15, 0.2) is 10.9 Å². The van der Waals surface area contributed by atoms with E-state index < -0.39 is 5.97 Å². The molecule has 1 aliphatic rings. The number of aromatic nitrogens is 2. The molecule has 0 aromatic carbocycles. The Morgan fingerprint density at radius 1 is 1.50 bits per heavy atom. The minimum absolute atomic E-state index is 0.00172. The van der Waals surface area contributed by atoms with Crippen molar-refractivity contribution in [3.05, 3.63) is 12.2 Å². The zero-order valence-corrected chi connectivity index (χ0v) is 11.1. The minimum Gasteiger partial charge on any atom is -0.481 e. The van der Waals surface area contributed by atoms with Crippen molar-refractivity contribution in [1.29, 1.82) is 0 Å². The quantitative estimate of drug-likeness (QED) is 0.820. The molecule has 0 spiro atoms. The van der Waals surface area contributed by atoms with Crippen molar-refractivity contribution in [2.24, 2.45) is 0 Å². The molecule has 1 unspecified atom stereocenters. The van der Waals surface area contributed by atoms with E-state index in [-0.39, 0.29) is 18.5 Å². The number of piperidine rings is 1. The van der Waals surface area contributed by atoms with Crippen LogP contribution in [0.1, 0.15) is 31.5 Å². The number of amides is 2. The smallest absolute Gasteiger partial charge is 0.317 e. The zero-order valence-electron chi connectivity index (χ0n) is 11.1. The van der Waals surface area contributed by atoms with Gasteiger partial charge in [-0.2, -0.15) is 4.98 Å². The first-order valence-electron chi connectivity index (χ1n) is 6.68.